The van der Waals surface area contributed by atoms with Gasteiger partial charge in [-0.2, -0.15) is 9.97 Å². The number of anilines is 3. The highest BCUT2D eigenvalue weighted by molar-refractivity contribution is 5.90. The molecule has 0 bridgehead atoms. The van der Waals surface area contributed by atoms with E-state index in [9.17, 15) is 0 Å². The third-order valence-corrected chi connectivity index (χ3v) is 4.06. The van der Waals surface area contributed by atoms with Crippen molar-refractivity contribution in [3.8, 4) is 0 Å². The fraction of sp³-hybridized carbons (Fsp3) is 0.188. The minimum atomic E-state index is 0.152. The molecule has 1 aliphatic heterocycles. The number of hydrogen-bond donors (Lipinski definition) is 2. The SMILES string of the molecule is Cc1cc(N2Cc3ccccc3C2)nc2nc(N)nc(N)c12. The molecule has 4 N–H and O–H groups in total. The molecule has 0 radical (unpaired) electrons. The van der Waals surface area contributed by atoms with Gasteiger partial charge in [-0.3, -0.25) is 0 Å². The average Bonchev–Trinajstić information content (AvgIpc) is 2.89. The quantitative estimate of drug-likeness (QED) is 0.712. The van der Waals surface area contributed by atoms with E-state index in [2.05, 4.69) is 44.1 Å². The number of nitrogens with two attached hydrogens (primary N) is 2. The molecule has 1 aliphatic rings. The van der Waals surface area contributed by atoms with Gasteiger partial charge in [0.25, 0.3) is 0 Å². The zero-order chi connectivity index (χ0) is 15.3. The minimum Gasteiger partial charge on any atom is -0.383 e. The zero-order valence-electron chi connectivity index (χ0n) is 12.2. The molecule has 0 spiro atoms. The lowest BCUT2D eigenvalue weighted by molar-refractivity contribution is 0.858. The van der Waals surface area contributed by atoms with E-state index < -0.39 is 0 Å². The molecule has 2 aromatic heterocycles. The highest BCUT2D eigenvalue weighted by atomic mass is 15.2. The van der Waals surface area contributed by atoms with Crippen LogP contribution in [0.15, 0.2) is 30.3 Å². The lowest BCUT2D eigenvalue weighted by Crippen LogP contribution is -2.16. The summed E-state index contributed by atoms with van der Waals surface area (Å²) in [6, 6.07) is 10.5. The van der Waals surface area contributed by atoms with Crippen molar-refractivity contribution in [2.45, 2.75) is 20.0 Å². The van der Waals surface area contributed by atoms with Gasteiger partial charge in [0.1, 0.15) is 11.6 Å². The fourth-order valence-electron chi connectivity index (χ4n) is 3.01. The maximum Gasteiger partial charge on any atom is 0.224 e. The first-order valence-corrected chi connectivity index (χ1v) is 7.14. The van der Waals surface area contributed by atoms with Gasteiger partial charge >= 0.3 is 0 Å². The molecular weight excluding hydrogens is 276 g/mol. The molecule has 22 heavy (non-hydrogen) atoms. The molecule has 0 atom stereocenters. The van der Waals surface area contributed by atoms with Gasteiger partial charge in [-0.05, 0) is 29.7 Å². The number of hydrogen-bond acceptors (Lipinski definition) is 6. The Labute approximate surface area is 127 Å². The second kappa shape index (κ2) is 4.56. The van der Waals surface area contributed by atoms with Crippen molar-refractivity contribution in [1.29, 1.82) is 0 Å². The molecule has 6 heteroatoms. The predicted molar refractivity (Wildman–Crippen MR) is 87.2 cm³/mol. The molecule has 3 aromatic rings. The first kappa shape index (κ1) is 12.8. The van der Waals surface area contributed by atoms with Gasteiger partial charge in [0, 0.05) is 13.1 Å². The molecule has 3 heterocycles. The smallest absolute Gasteiger partial charge is 0.224 e. The molecule has 0 amide bonds. The number of pyridine rings is 1. The standard InChI is InChI=1S/C16H16N6/c1-9-6-12(19-15-13(9)14(17)20-16(18)21-15)22-7-10-4-2-3-5-11(10)8-22/h2-6H,7-8H2,1H3,(H4,17,18,19,20,21). The molecule has 4 rings (SSSR count). The minimum absolute atomic E-state index is 0.152. The van der Waals surface area contributed by atoms with Crippen LogP contribution in [-0.4, -0.2) is 15.0 Å². The van der Waals surface area contributed by atoms with Crippen LogP contribution in [0, 0.1) is 6.92 Å². The molecule has 6 nitrogen and oxygen atoms in total. The highest BCUT2D eigenvalue weighted by Crippen LogP contribution is 2.30. The largest absolute Gasteiger partial charge is 0.383 e. The third kappa shape index (κ3) is 1.92. The van der Waals surface area contributed by atoms with Crippen LogP contribution in [0.4, 0.5) is 17.6 Å². The lowest BCUT2D eigenvalue weighted by Gasteiger charge is -2.18. The monoisotopic (exact) mass is 292 g/mol. The number of aryl methyl sites for hydroxylation is 1. The number of rotatable bonds is 1. The summed E-state index contributed by atoms with van der Waals surface area (Å²) in [6.45, 7) is 3.70. The molecule has 110 valence electrons. The van der Waals surface area contributed by atoms with E-state index in [4.69, 9.17) is 11.5 Å². The second-order valence-corrected chi connectivity index (χ2v) is 5.59. The van der Waals surface area contributed by atoms with Crippen LogP contribution in [-0.2, 0) is 13.1 Å². The van der Waals surface area contributed by atoms with E-state index in [1.165, 1.54) is 11.1 Å². The average molecular weight is 292 g/mol. The summed E-state index contributed by atoms with van der Waals surface area (Å²) in [5, 5.41) is 0.773. The molecule has 0 saturated carbocycles. The van der Waals surface area contributed by atoms with Crippen LogP contribution >= 0.6 is 0 Å². The summed E-state index contributed by atoms with van der Waals surface area (Å²) in [4.78, 5) is 15.1. The zero-order valence-corrected chi connectivity index (χ0v) is 12.2. The molecule has 1 aromatic carbocycles. The van der Waals surface area contributed by atoms with E-state index in [1.807, 2.05) is 13.0 Å². The van der Waals surface area contributed by atoms with Crippen LogP contribution in [0.25, 0.3) is 11.0 Å². The van der Waals surface area contributed by atoms with Crippen LogP contribution in [0.2, 0.25) is 0 Å². The highest BCUT2D eigenvalue weighted by Gasteiger charge is 2.21. The van der Waals surface area contributed by atoms with Gasteiger partial charge in [-0.25, -0.2) is 4.98 Å². The summed E-state index contributed by atoms with van der Waals surface area (Å²) < 4.78 is 0. The number of nitrogen functional groups attached to an aromatic ring is 2. The van der Waals surface area contributed by atoms with Crippen LogP contribution < -0.4 is 16.4 Å². The predicted octanol–water partition coefficient (Wildman–Crippen LogP) is 2.02. The summed E-state index contributed by atoms with van der Waals surface area (Å²) in [6.07, 6.45) is 0. The van der Waals surface area contributed by atoms with Crippen molar-refractivity contribution in [3.63, 3.8) is 0 Å². The fourth-order valence-corrected chi connectivity index (χ4v) is 3.01. The van der Waals surface area contributed by atoms with E-state index in [0.717, 1.165) is 29.9 Å². The number of benzene rings is 1. The number of nitrogens with zero attached hydrogens (tertiary/aromatic N) is 4. The Morgan fingerprint density at radius 1 is 1.00 bits per heavy atom. The Morgan fingerprint density at radius 3 is 2.36 bits per heavy atom. The Bertz CT molecular complexity index is 864. The van der Waals surface area contributed by atoms with Gasteiger partial charge in [-0.15, -0.1) is 0 Å². The molecule has 0 unspecified atom stereocenters. The Morgan fingerprint density at radius 2 is 1.68 bits per heavy atom. The van der Waals surface area contributed by atoms with E-state index in [-0.39, 0.29) is 5.95 Å². The van der Waals surface area contributed by atoms with Gasteiger partial charge in [0.05, 0.1) is 5.39 Å². The summed E-state index contributed by atoms with van der Waals surface area (Å²) in [5.41, 5.74) is 15.9. The lowest BCUT2D eigenvalue weighted by atomic mass is 10.1. The van der Waals surface area contributed by atoms with Crippen molar-refractivity contribution >= 4 is 28.6 Å². The Balaban J connectivity index is 1.81. The maximum absolute atomic E-state index is 5.95. The normalized spacial score (nSPS) is 13.6. The van der Waals surface area contributed by atoms with Gasteiger partial charge in [0.2, 0.25) is 5.95 Å². The molecule has 0 aliphatic carbocycles. The topological polar surface area (TPSA) is 94.0 Å². The van der Waals surface area contributed by atoms with Crippen molar-refractivity contribution < 1.29 is 0 Å². The number of fused-ring (bicyclic) bond motifs is 2. The van der Waals surface area contributed by atoms with Crippen molar-refractivity contribution in [2.75, 3.05) is 16.4 Å². The van der Waals surface area contributed by atoms with Gasteiger partial charge < -0.3 is 16.4 Å². The molecular formula is C16H16N6. The Hall–Kier alpha value is -2.89. The van der Waals surface area contributed by atoms with Gasteiger partial charge in [0.15, 0.2) is 5.65 Å². The van der Waals surface area contributed by atoms with Crippen molar-refractivity contribution in [1.82, 2.24) is 15.0 Å². The summed E-state index contributed by atoms with van der Waals surface area (Å²) in [7, 11) is 0. The van der Waals surface area contributed by atoms with E-state index >= 15 is 0 Å². The van der Waals surface area contributed by atoms with Crippen LogP contribution in [0.5, 0.6) is 0 Å². The van der Waals surface area contributed by atoms with Crippen LogP contribution in [0.1, 0.15) is 16.7 Å². The third-order valence-electron chi connectivity index (χ3n) is 4.06. The second-order valence-electron chi connectivity index (χ2n) is 5.59. The summed E-state index contributed by atoms with van der Waals surface area (Å²) >= 11 is 0. The Kier molecular flexibility index (Phi) is 2.66. The van der Waals surface area contributed by atoms with E-state index in [1.54, 1.807) is 0 Å². The van der Waals surface area contributed by atoms with Crippen LogP contribution in [0.3, 0.4) is 0 Å². The number of aromatic nitrogens is 3. The molecule has 0 fully saturated rings. The van der Waals surface area contributed by atoms with Crippen molar-refractivity contribution in [2.24, 2.45) is 0 Å². The first-order valence-electron chi connectivity index (χ1n) is 7.14. The maximum atomic E-state index is 5.95. The molecule has 0 saturated heterocycles. The van der Waals surface area contributed by atoms with Gasteiger partial charge in [-0.1, -0.05) is 24.3 Å². The van der Waals surface area contributed by atoms with Crippen molar-refractivity contribution in [3.05, 3.63) is 47.0 Å². The van der Waals surface area contributed by atoms with E-state index in [0.29, 0.717) is 11.5 Å². The summed E-state index contributed by atoms with van der Waals surface area (Å²) in [5.74, 6) is 1.42. The first-order chi connectivity index (χ1) is 10.6.